The van der Waals surface area contributed by atoms with E-state index < -0.39 is 11.7 Å². The summed E-state index contributed by atoms with van der Waals surface area (Å²) in [7, 11) is 0. The van der Waals surface area contributed by atoms with Gasteiger partial charge >= 0.3 is 6.18 Å². The molecule has 0 nitrogen and oxygen atoms in total. The maximum Gasteiger partial charge on any atom is 0.416 e. The van der Waals surface area contributed by atoms with E-state index in [1.807, 2.05) is 24.3 Å². The van der Waals surface area contributed by atoms with Gasteiger partial charge in [-0.2, -0.15) is 13.2 Å². The van der Waals surface area contributed by atoms with Gasteiger partial charge in [-0.25, -0.2) is 0 Å². The second kappa shape index (κ2) is 5.66. The Morgan fingerprint density at radius 3 is 1.58 bits per heavy atom. The molecule has 0 bridgehead atoms. The summed E-state index contributed by atoms with van der Waals surface area (Å²) in [5.74, 6) is 0.459. The molecule has 4 heteroatoms. The van der Waals surface area contributed by atoms with E-state index in [0.717, 1.165) is 28.8 Å². The molecule has 2 aromatic carbocycles. The largest absolute Gasteiger partial charge is 0.416 e. The molecule has 0 atom stereocenters. The summed E-state index contributed by atoms with van der Waals surface area (Å²) in [5.41, 5.74) is 2.31. The predicted octanol–water partition coefficient (Wildman–Crippen LogP) is 5.04. The third-order valence-electron chi connectivity index (χ3n) is 2.87. The van der Waals surface area contributed by atoms with Crippen LogP contribution < -0.4 is 0 Å². The minimum atomic E-state index is -4.28. The lowest BCUT2D eigenvalue weighted by atomic mass is 10.0. The van der Waals surface area contributed by atoms with Crippen LogP contribution in [0.4, 0.5) is 13.2 Å². The van der Waals surface area contributed by atoms with Crippen LogP contribution in [-0.2, 0) is 18.5 Å². The van der Waals surface area contributed by atoms with E-state index in [4.69, 9.17) is 11.6 Å². The first-order valence-corrected chi connectivity index (χ1v) is 6.32. The van der Waals surface area contributed by atoms with Crippen LogP contribution >= 0.6 is 11.6 Å². The van der Waals surface area contributed by atoms with Crippen LogP contribution in [0.15, 0.2) is 48.5 Å². The lowest BCUT2D eigenvalue weighted by Crippen LogP contribution is -2.04. The second-order valence-corrected chi connectivity index (χ2v) is 4.59. The van der Waals surface area contributed by atoms with E-state index in [2.05, 4.69) is 0 Å². The molecule has 0 spiro atoms. The normalized spacial score (nSPS) is 11.6. The molecule has 2 aromatic rings. The predicted molar refractivity (Wildman–Crippen MR) is 70.2 cm³/mol. The highest BCUT2D eigenvalue weighted by molar-refractivity contribution is 6.17. The van der Waals surface area contributed by atoms with Gasteiger partial charge in [0, 0.05) is 5.88 Å². The second-order valence-electron chi connectivity index (χ2n) is 4.32. The number of halogens is 4. The van der Waals surface area contributed by atoms with E-state index in [1.165, 1.54) is 12.1 Å². The van der Waals surface area contributed by atoms with Crippen molar-refractivity contribution in [1.82, 2.24) is 0 Å². The van der Waals surface area contributed by atoms with Crippen LogP contribution in [0.2, 0.25) is 0 Å². The first kappa shape index (κ1) is 13.9. The first-order valence-electron chi connectivity index (χ1n) is 5.79. The number of hydrogen-bond donors (Lipinski definition) is 0. The van der Waals surface area contributed by atoms with Gasteiger partial charge in [0.1, 0.15) is 0 Å². The molecule has 0 amide bonds. The van der Waals surface area contributed by atoms with Crippen molar-refractivity contribution in [2.75, 3.05) is 0 Å². The lowest BCUT2D eigenvalue weighted by molar-refractivity contribution is -0.137. The van der Waals surface area contributed by atoms with Crippen molar-refractivity contribution in [2.24, 2.45) is 0 Å². The minimum absolute atomic E-state index is 0.459. The fourth-order valence-corrected chi connectivity index (χ4v) is 1.97. The van der Waals surface area contributed by atoms with Gasteiger partial charge in [0.05, 0.1) is 5.56 Å². The molecule has 100 valence electrons. The zero-order chi connectivity index (χ0) is 13.9. The fourth-order valence-electron chi connectivity index (χ4n) is 1.79. The first-order chi connectivity index (χ1) is 8.99. The van der Waals surface area contributed by atoms with Crippen molar-refractivity contribution in [3.05, 3.63) is 70.8 Å². The van der Waals surface area contributed by atoms with Crippen molar-refractivity contribution in [3.8, 4) is 0 Å². The molecule has 0 fully saturated rings. The molecule has 0 aliphatic carbocycles. The highest BCUT2D eigenvalue weighted by Crippen LogP contribution is 2.29. The number of hydrogen-bond acceptors (Lipinski definition) is 0. The summed E-state index contributed by atoms with van der Waals surface area (Å²) >= 11 is 5.69. The van der Waals surface area contributed by atoms with Crippen LogP contribution in [-0.4, -0.2) is 0 Å². The van der Waals surface area contributed by atoms with Gasteiger partial charge in [-0.1, -0.05) is 36.4 Å². The van der Waals surface area contributed by atoms with Gasteiger partial charge in [0.2, 0.25) is 0 Å². The van der Waals surface area contributed by atoms with Crippen molar-refractivity contribution in [3.63, 3.8) is 0 Å². The summed E-state index contributed by atoms with van der Waals surface area (Å²) in [6.45, 7) is 0. The monoisotopic (exact) mass is 284 g/mol. The summed E-state index contributed by atoms with van der Waals surface area (Å²) in [4.78, 5) is 0. The maximum absolute atomic E-state index is 12.4. The molecular formula is C15H12ClF3. The SMILES string of the molecule is FC(F)(F)c1ccc(Cc2ccc(CCl)cc2)cc1. The Morgan fingerprint density at radius 1 is 0.737 bits per heavy atom. The van der Waals surface area contributed by atoms with Crippen molar-refractivity contribution in [1.29, 1.82) is 0 Å². The Labute approximate surface area is 114 Å². The van der Waals surface area contributed by atoms with Crippen molar-refractivity contribution >= 4 is 11.6 Å². The van der Waals surface area contributed by atoms with Crippen LogP contribution in [0.1, 0.15) is 22.3 Å². The number of rotatable bonds is 3. The molecule has 0 aromatic heterocycles. The van der Waals surface area contributed by atoms with Crippen LogP contribution in [0.25, 0.3) is 0 Å². The Morgan fingerprint density at radius 2 is 1.16 bits per heavy atom. The molecule has 2 rings (SSSR count). The summed E-state index contributed by atoms with van der Waals surface area (Å²) < 4.78 is 37.3. The van der Waals surface area contributed by atoms with Gasteiger partial charge in [0.25, 0.3) is 0 Å². The van der Waals surface area contributed by atoms with Crippen LogP contribution in [0.5, 0.6) is 0 Å². The van der Waals surface area contributed by atoms with Gasteiger partial charge in [0.15, 0.2) is 0 Å². The third kappa shape index (κ3) is 3.74. The molecule has 0 aliphatic heterocycles. The van der Waals surface area contributed by atoms with E-state index in [1.54, 1.807) is 0 Å². The molecule has 0 saturated heterocycles. The van der Waals surface area contributed by atoms with Gasteiger partial charge < -0.3 is 0 Å². The number of alkyl halides is 4. The smallest absolute Gasteiger partial charge is 0.166 e. The lowest BCUT2D eigenvalue weighted by Gasteiger charge is -2.08. The average molecular weight is 285 g/mol. The maximum atomic E-state index is 12.4. The molecule has 0 radical (unpaired) electrons. The summed E-state index contributed by atoms with van der Waals surface area (Å²) in [5, 5.41) is 0. The summed E-state index contributed by atoms with van der Waals surface area (Å²) in [6, 6.07) is 13.0. The van der Waals surface area contributed by atoms with E-state index >= 15 is 0 Å². The molecule has 0 saturated carbocycles. The van der Waals surface area contributed by atoms with Gasteiger partial charge in [-0.3, -0.25) is 0 Å². The zero-order valence-electron chi connectivity index (χ0n) is 10.0. The number of benzene rings is 2. The van der Waals surface area contributed by atoms with Crippen LogP contribution in [0, 0.1) is 0 Å². The minimum Gasteiger partial charge on any atom is -0.166 e. The van der Waals surface area contributed by atoms with E-state index in [0.29, 0.717) is 12.3 Å². The topological polar surface area (TPSA) is 0 Å². The summed E-state index contributed by atoms with van der Waals surface area (Å²) in [6.07, 6.45) is -3.67. The standard InChI is InChI=1S/C15H12ClF3/c16-10-13-3-1-11(2-4-13)9-12-5-7-14(8-6-12)15(17,18)19/h1-8H,9-10H2. The van der Waals surface area contributed by atoms with E-state index in [9.17, 15) is 13.2 Å². The Balaban J connectivity index is 2.10. The highest BCUT2D eigenvalue weighted by Gasteiger charge is 2.29. The Kier molecular flexibility index (Phi) is 4.15. The third-order valence-corrected chi connectivity index (χ3v) is 3.18. The van der Waals surface area contributed by atoms with Gasteiger partial charge in [-0.15, -0.1) is 11.6 Å². The average Bonchev–Trinajstić information content (AvgIpc) is 2.39. The molecule has 0 unspecified atom stereocenters. The zero-order valence-corrected chi connectivity index (χ0v) is 10.8. The fraction of sp³-hybridized carbons (Fsp3) is 0.200. The molecule has 0 heterocycles. The van der Waals surface area contributed by atoms with Gasteiger partial charge in [-0.05, 0) is 35.2 Å². The molecule has 0 N–H and O–H groups in total. The van der Waals surface area contributed by atoms with Crippen molar-refractivity contribution in [2.45, 2.75) is 18.5 Å². The molecule has 19 heavy (non-hydrogen) atoms. The highest BCUT2D eigenvalue weighted by atomic mass is 35.5. The van der Waals surface area contributed by atoms with Crippen LogP contribution in [0.3, 0.4) is 0 Å². The Hall–Kier alpha value is -1.48. The van der Waals surface area contributed by atoms with E-state index in [-0.39, 0.29) is 0 Å². The van der Waals surface area contributed by atoms with Crippen molar-refractivity contribution < 1.29 is 13.2 Å². The quantitative estimate of drug-likeness (QED) is 0.693. The Bertz CT molecular complexity index is 527. The molecular weight excluding hydrogens is 273 g/mol. The molecule has 0 aliphatic rings.